The summed E-state index contributed by atoms with van der Waals surface area (Å²) in [6.45, 7) is 6.45. The van der Waals surface area contributed by atoms with E-state index in [-0.39, 0.29) is 23.3 Å². The van der Waals surface area contributed by atoms with E-state index in [2.05, 4.69) is 5.32 Å². The molecule has 0 bridgehead atoms. The standard InChI is InChI=1S/C24H33N3O5S2/c1-17-14-18(2)23(19(3)15-17)34(31,32)27-12-10-21(11-13-27)24(28)25-16-20-6-8-22(9-7-20)33(29,30)26(4)5/h6-9,14-15,21H,10-13,16H2,1-5H3,(H,25,28). The molecule has 0 spiro atoms. The van der Waals surface area contributed by atoms with Crippen LogP contribution in [0, 0.1) is 26.7 Å². The molecule has 0 atom stereocenters. The van der Waals surface area contributed by atoms with Gasteiger partial charge in [-0.3, -0.25) is 4.79 Å². The molecule has 1 heterocycles. The Bertz CT molecular complexity index is 1240. The molecule has 10 heteroatoms. The van der Waals surface area contributed by atoms with Crippen molar-refractivity contribution in [3.8, 4) is 0 Å². The highest BCUT2D eigenvalue weighted by Crippen LogP contribution is 2.29. The summed E-state index contributed by atoms with van der Waals surface area (Å²) in [5.41, 5.74) is 3.29. The lowest BCUT2D eigenvalue weighted by Gasteiger charge is -2.31. The van der Waals surface area contributed by atoms with Crippen molar-refractivity contribution in [2.75, 3.05) is 27.2 Å². The summed E-state index contributed by atoms with van der Waals surface area (Å²) in [6.07, 6.45) is 0.907. The summed E-state index contributed by atoms with van der Waals surface area (Å²) in [5.74, 6) is -0.384. The number of sulfonamides is 2. The molecule has 1 fully saturated rings. The number of aryl methyl sites for hydroxylation is 3. The number of nitrogens with zero attached hydrogens (tertiary/aromatic N) is 2. The molecule has 34 heavy (non-hydrogen) atoms. The lowest BCUT2D eigenvalue weighted by Crippen LogP contribution is -2.43. The molecule has 0 unspecified atom stereocenters. The first-order valence-electron chi connectivity index (χ1n) is 11.2. The first-order valence-corrected chi connectivity index (χ1v) is 14.1. The zero-order valence-corrected chi connectivity index (χ0v) is 22.0. The van der Waals surface area contributed by atoms with Gasteiger partial charge < -0.3 is 5.32 Å². The second-order valence-electron chi connectivity index (χ2n) is 9.06. The Kier molecular flexibility index (Phi) is 7.86. The first kappa shape index (κ1) is 26.3. The van der Waals surface area contributed by atoms with E-state index >= 15 is 0 Å². The van der Waals surface area contributed by atoms with Gasteiger partial charge in [0, 0.05) is 39.6 Å². The lowest BCUT2D eigenvalue weighted by molar-refractivity contribution is -0.126. The van der Waals surface area contributed by atoms with Gasteiger partial charge in [-0.15, -0.1) is 0 Å². The summed E-state index contributed by atoms with van der Waals surface area (Å²) < 4.78 is 53.5. The van der Waals surface area contributed by atoms with Gasteiger partial charge in [-0.05, 0) is 62.4 Å². The Morgan fingerprint density at radius 2 is 1.50 bits per heavy atom. The summed E-state index contributed by atoms with van der Waals surface area (Å²) >= 11 is 0. The number of benzene rings is 2. The Morgan fingerprint density at radius 1 is 0.971 bits per heavy atom. The van der Waals surface area contributed by atoms with Crippen molar-refractivity contribution < 1.29 is 21.6 Å². The summed E-state index contributed by atoms with van der Waals surface area (Å²) in [4.78, 5) is 13.2. The predicted octanol–water partition coefficient (Wildman–Crippen LogP) is 2.58. The number of hydrogen-bond donors (Lipinski definition) is 1. The van der Waals surface area contributed by atoms with Crippen LogP contribution in [0.15, 0.2) is 46.2 Å². The highest BCUT2D eigenvalue weighted by Gasteiger charge is 2.33. The van der Waals surface area contributed by atoms with E-state index in [1.54, 1.807) is 12.1 Å². The topological polar surface area (TPSA) is 104 Å². The quantitative estimate of drug-likeness (QED) is 0.620. The molecular weight excluding hydrogens is 474 g/mol. The monoisotopic (exact) mass is 507 g/mol. The fourth-order valence-electron chi connectivity index (χ4n) is 4.38. The van der Waals surface area contributed by atoms with Gasteiger partial charge >= 0.3 is 0 Å². The maximum Gasteiger partial charge on any atom is 0.243 e. The van der Waals surface area contributed by atoms with E-state index in [4.69, 9.17) is 0 Å². The number of carbonyl (C=O) groups is 1. The third-order valence-corrected chi connectivity index (χ3v) is 10.2. The minimum atomic E-state index is -3.62. The second-order valence-corrected chi connectivity index (χ2v) is 13.1. The number of nitrogens with one attached hydrogen (secondary N) is 1. The van der Waals surface area contributed by atoms with Crippen LogP contribution in [0.3, 0.4) is 0 Å². The van der Waals surface area contributed by atoms with Crippen molar-refractivity contribution in [3.63, 3.8) is 0 Å². The van der Waals surface area contributed by atoms with Gasteiger partial charge in [-0.2, -0.15) is 4.31 Å². The van der Waals surface area contributed by atoms with Gasteiger partial charge in [0.2, 0.25) is 26.0 Å². The molecule has 0 saturated carbocycles. The Hall–Kier alpha value is -2.27. The molecule has 1 amide bonds. The zero-order valence-electron chi connectivity index (χ0n) is 20.3. The second kappa shape index (κ2) is 10.2. The van der Waals surface area contributed by atoms with Crippen LogP contribution in [0.5, 0.6) is 0 Å². The summed E-state index contributed by atoms with van der Waals surface area (Å²) in [5, 5.41) is 2.89. The Morgan fingerprint density at radius 3 is 2.00 bits per heavy atom. The Labute approximate surface area is 203 Å². The highest BCUT2D eigenvalue weighted by molar-refractivity contribution is 7.89. The van der Waals surface area contributed by atoms with Crippen molar-refractivity contribution in [2.24, 2.45) is 5.92 Å². The van der Waals surface area contributed by atoms with Gasteiger partial charge in [0.1, 0.15) is 0 Å². The molecular formula is C24H33N3O5S2. The van der Waals surface area contributed by atoms with Crippen LogP contribution < -0.4 is 5.32 Å². The number of piperidine rings is 1. The van der Waals surface area contributed by atoms with Crippen molar-refractivity contribution in [1.29, 1.82) is 0 Å². The van der Waals surface area contributed by atoms with Gasteiger partial charge in [0.05, 0.1) is 9.79 Å². The van der Waals surface area contributed by atoms with E-state index in [1.807, 2.05) is 32.9 Å². The van der Waals surface area contributed by atoms with Crippen LogP contribution in [0.4, 0.5) is 0 Å². The Balaban J connectivity index is 1.58. The minimum Gasteiger partial charge on any atom is -0.352 e. The number of hydrogen-bond acceptors (Lipinski definition) is 5. The first-order chi connectivity index (χ1) is 15.8. The van der Waals surface area contributed by atoms with E-state index in [0.717, 1.165) is 26.6 Å². The number of rotatable bonds is 7. The molecule has 0 aromatic heterocycles. The highest BCUT2D eigenvalue weighted by atomic mass is 32.2. The number of amides is 1. The third-order valence-electron chi connectivity index (χ3n) is 6.20. The average Bonchev–Trinajstić information content (AvgIpc) is 2.76. The van der Waals surface area contributed by atoms with E-state index in [1.165, 1.54) is 30.5 Å². The van der Waals surface area contributed by atoms with Gasteiger partial charge in [-0.1, -0.05) is 29.8 Å². The molecule has 2 aromatic rings. The maximum atomic E-state index is 13.2. The predicted molar refractivity (Wildman–Crippen MR) is 131 cm³/mol. The molecule has 0 aliphatic carbocycles. The van der Waals surface area contributed by atoms with Crippen LogP contribution >= 0.6 is 0 Å². The molecule has 3 rings (SSSR count). The van der Waals surface area contributed by atoms with Crippen LogP contribution in [-0.4, -0.2) is 58.5 Å². The molecule has 1 aliphatic heterocycles. The summed E-state index contributed by atoms with van der Waals surface area (Å²) in [6, 6.07) is 10.2. The molecule has 8 nitrogen and oxygen atoms in total. The molecule has 186 valence electrons. The molecule has 2 aromatic carbocycles. The fourth-order valence-corrected chi connectivity index (χ4v) is 7.17. The zero-order chi connectivity index (χ0) is 25.3. The van der Waals surface area contributed by atoms with Gasteiger partial charge in [0.25, 0.3) is 0 Å². The van der Waals surface area contributed by atoms with Crippen molar-refractivity contribution in [1.82, 2.24) is 13.9 Å². The normalized spacial score (nSPS) is 16.1. The largest absolute Gasteiger partial charge is 0.352 e. The lowest BCUT2D eigenvalue weighted by atomic mass is 9.97. The summed E-state index contributed by atoms with van der Waals surface area (Å²) in [7, 11) is -4.16. The van der Waals surface area contributed by atoms with Crippen LogP contribution in [0.1, 0.15) is 35.1 Å². The van der Waals surface area contributed by atoms with Crippen LogP contribution in [0.25, 0.3) is 0 Å². The minimum absolute atomic E-state index is 0.121. The maximum absolute atomic E-state index is 13.2. The smallest absolute Gasteiger partial charge is 0.243 e. The van der Waals surface area contributed by atoms with Gasteiger partial charge in [0.15, 0.2) is 0 Å². The van der Waals surface area contributed by atoms with Crippen LogP contribution in [-0.2, 0) is 31.4 Å². The van der Waals surface area contributed by atoms with E-state index in [9.17, 15) is 21.6 Å². The van der Waals surface area contributed by atoms with Crippen molar-refractivity contribution in [3.05, 3.63) is 58.7 Å². The fraction of sp³-hybridized carbons (Fsp3) is 0.458. The van der Waals surface area contributed by atoms with Crippen molar-refractivity contribution >= 4 is 26.0 Å². The molecule has 0 radical (unpaired) electrons. The molecule has 1 N–H and O–H groups in total. The third kappa shape index (κ3) is 5.51. The van der Waals surface area contributed by atoms with E-state index < -0.39 is 20.0 Å². The molecule has 1 saturated heterocycles. The van der Waals surface area contributed by atoms with Crippen molar-refractivity contribution in [2.45, 2.75) is 49.9 Å². The van der Waals surface area contributed by atoms with Crippen LogP contribution in [0.2, 0.25) is 0 Å². The number of carbonyl (C=O) groups excluding carboxylic acids is 1. The molecule has 1 aliphatic rings. The SMILES string of the molecule is Cc1cc(C)c(S(=O)(=O)N2CCC(C(=O)NCc3ccc(S(=O)(=O)N(C)C)cc3)CC2)c(C)c1. The van der Waals surface area contributed by atoms with Gasteiger partial charge in [-0.25, -0.2) is 21.1 Å². The van der Waals surface area contributed by atoms with E-state index in [0.29, 0.717) is 30.8 Å². The average molecular weight is 508 g/mol.